The van der Waals surface area contributed by atoms with Crippen molar-refractivity contribution in [2.45, 2.75) is 37.3 Å². The number of hydrogen-bond donors (Lipinski definition) is 1. The lowest BCUT2D eigenvalue weighted by Gasteiger charge is -2.39. The SMILES string of the molecule is CN(C)C[C@@H]1CC(F)(F)CN1C1CCN(C(=O)c2ccc3[nH]ccc3c2)CC1. The first-order valence-electron chi connectivity index (χ1n) is 9.97. The number of likely N-dealkylation sites (tertiary alicyclic amines) is 2. The van der Waals surface area contributed by atoms with E-state index in [1.165, 1.54) is 0 Å². The number of benzene rings is 1. The van der Waals surface area contributed by atoms with Gasteiger partial charge in [0, 0.05) is 60.8 Å². The van der Waals surface area contributed by atoms with Gasteiger partial charge in [0.05, 0.1) is 6.54 Å². The van der Waals surface area contributed by atoms with Crippen LogP contribution >= 0.6 is 0 Å². The summed E-state index contributed by atoms with van der Waals surface area (Å²) in [4.78, 5) is 21.8. The highest BCUT2D eigenvalue weighted by atomic mass is 19.3. The molecular formula is C21H28F2N4O. The lowest BCUT2D eigenvalue weighted by molar-refractivity contribution is 0.00305. The maximum atomic E-state index is 14.1. The van der Waals surface area contributed by atoms with Crippen LogP contribution in [0.2, 0.25) is 0 Å². The van der Waals surface area contributed by atoms with Gasteiger partial charge in [-0.3, -0.25) is 9.69 Å². The topological polar surface area (TPSA) is 42.6 Å². The normalized spacial score (nSPS) is 23.8. The molecule has 0 saturated carbocycles. The summed E-state index contributed by atoms with van der Waals surface area (Å²) >= 11 is 0. The van der Waals surface area contributed by atoms with Gasteiger partial charge in [-0.05, 0) is 51.2 Å². The molecule has 0 unspecified atom stereocenters. The Morgan fingerprint density at radius 3 is 2.71 bits per heavy atom. The van der Waals surface area contributed by atoms with Gasteiger partial charge in [0.15, 0.2) is 0 Å². The fourth-order valence-electron chi connectivity index (χ4n) is 4.71. The summed E-state index contributed by atoms with van der Waals surface area (Å²) in [6, 6.07) is 7.64. The van der Waals surface area contributed by atoms with E-state index in [0.29, 0.717) is 25.2 Å². The van der Waals surface area contributed by atoms with E-state index >= 15 is 0 Å². The summed E-state index contributed by atoms with van der Waals surface area (Å²) in [5.74, 6) is -2.59. The molecule has 28 heavy (non-hydrogen) atoms. The molecule has 1 amide bonds. The van der Waals surface area contributed by atoms with E-state index < -0.39 is 5.92 Å². The van der Waals surface area contributed by atoms with E-state index in [1.807, 2.05) is 59.3 Å². The van der Waals surface area contributed by atoms with Crippen molar-refractivity contribution in [2.24, 2.45) is 0 Å². The summed E-state index contributed by atoms with van der Waals surface area (Å²) in [6.45, 7) is 1.72. The second-order valence-corrected chi connectivity index (χ2v) is 8.45. The standard InChI is InChI=1S/C21H28F2N4O/c1-25(2)13-18-12-21(22,23)14-27(18)17-6-9-26(10-7-17)20(28)16-3-4-19-15(11-16)5-8-24-19/h3-5,8,11,17-18,24H,6-7,9-10,12-14H2,1-2H3/t18-/m0/s1. The summed E-state index contributed by atoms with van der Waals surface area (Å²) in [6.07, 6.45) is 3.29. The van der Waals surface area contributed by atoms with Crippen LogP contribution in [0.15, 0.2) is 30.5 Å². The van der Waals surface area contributed by atoms with Crippen LogP contribution < -0.4 is 0 Å². The average molecular weight is 390 g/mol. The highest BCUT2D eigenvalue weighted by molar-refractivity contribution is 5.98. The predicted octanol–water partition coefficient (Wildman–Crippen LogP) is 3.04. The fraction of sp³-hybridized carbons (Fsp3) is 0.571. The molecule has 5 nitrogen and oxygen atoms in total. The van der Waals surface area contributed by atoms with Crippen LogP contribution in [-0.4, -0.2) is 83.9 Å². The third-order valence-corrected chi connectivity index (χ3v) is 6.01. The number of piperidine rings is 1. The molecule has 0 aliphatic carbocycles. The zero-order valence-corrected chi connectivity index (χ0v) is 16.5. The number of aromatic nitrogens is 1. The first-order valence-corrected chi connectivity index (χ1v) is 9.97. The number of hydrogen-bond acceptors (Lipinski definition) is 3. The van der Waals surface area contributed by atoms with Gasteiger partial charge >= 0.3 is 0 Å². The molecule has 2 aliphatic rings. The number of amides is 1. The molecule has 1 aromatic carbocycles. The van der Waals surface area contributed by atoms with Crippen LogP contribution in [0, 0.1) is 0 Å². The van der Waals surface area contributed by atoms with E-state index in [0.717, 1.165) is 23.7 Å². The molecular weight excluding hydrogens is 362 g/mol. The number of nitrogens with one attached hydrogen (secondary N) is 1. The van der Waals surface area contributed by atoms with E-state index in [-0.39, 0.29) is 31.0 Å². The number of rotatable bonds is 4. The molecule has 152 valence electrons. The van der Waals surface area contributed by atoms with Crippen molar-refractivity contribution in [1.82, 2.24) is 19.7 Å². The Morgan fingerprint density at radius 2 is 2.00 bits per heavy atom. The number of alkyl halides is 2. The summed E-state index contributed by atoms with van der Waals surface area (Å²) in [7, 11) is 3.86. The summed E-state index contributed by atoms with van der Waals surface area (Å²) in [5.41, 5.74) is 1.70. The predicted molar refractivity (Wildman–Crippen MR) is 106 cm³/mol. The highest BCUT2D eigenvalue weighted by Crippen LogP contribution is 2.36. The maximum absolute atomic E-state index is 14.1. The van der Waals surface area contributed by atoms with Crippen LogP contribution in [-0.2, 0) is 0 Å². The third kappa shape index (κ3) is 3.91. The molecule has 3 heterocycles. The van der Waals surface area contributed by atoms with Gasteiger partial charge in [0.25, 0.3) is 11.8 Å². The number of likely N-dealkylation sites (N-methyl/N-ethyl adjacent to an activating group) is 1. The highest BCUT2D eigenvalue weighted by Gasteiger charge is 2.47. The Balaban J connectivity index is 1.40. The second kappa shape index (κ2) is 7.44. The van der Waals surface area contributed by atoms with Gasteiger partial charge in [-0.1, -0.05) is 0 Å². The minimum Gasteiger partial charge on any atom is -0.361 e. The van der Waals surface area contributed by atoms with Crippen molar-refractivity contribution in [3.63, 3.8) is 0 Å². The lowest BCUT2D eigenvalue weighted by Crippen LogP contribution is -2.50. The zero-order chi connectivity index (χ0) is 19.9. The number of carbonyl (C=O) groups is 1. The van der Waals surface area contributed by atoms with E-state index in [4.69, 9.17) is 0 Å². The molecule has 1 N–H and O–H groups in total. The Hall–Kier alpha value is -1.99. The van der Waals surface area contributed by atoms with Gasteiger partial charge < -0.3 is 14.8 Å². The Kier molecular flexibility index (Phi) is 5.14. The van der Waals surface area contributed by atoms with Crippen LogP contribution in [0.25, 0.3) is 10.9 Å². The van der Waals surface area contributed by atoms with Gasteiger partial charge in [0.2, 0.25) is 0 Å². The summed E-state index contributed by atoms with van der Waals surface area (Å²) < 4.78 is 28.1. The third-order valence-electron chi connectivity index (χ3n) is 6.01. The maximum Gasteiger partial charge on any atom is 0.262 e. The quantitative estimate of drug-likeness (QED) is 0.873. The average Bonchev–Trinajstić information content (AvgIpc) is 3.23. The van der Waals surface area contributed by atoms with E-state index in [9.17, 15) is 13.6 Å². The number of halogens is 2. The van der Waals surface area contributed by atoms with Crippen molar-refractivity contribution in [2.75, 3.05) is 40.3 Å². The number of H-pyrrole nitrogens is 1. The molecule has 0 bridgehead atoms. The first-order chi connectivity index (χ1) is 13.3. The lowest BCUT2D eigenvalue weighted by atomic mass is 10.0. The molecule has 7 heteroatoms. The molecule has 2 fully saturated rings. The van der Waals surface area contributed by atoms with Gasteiger partial charge in [-0.2, -0.15) is 0 Å². The molecule has 0 spiro atoms. The molecule has 1 aromatic heterocycles. The van der Waals surface area contributed by atoms with Crippen molar-refractivity contribution in [3.8, 4) is 0 Å². The van der Waals surface area contributed by atoms with Crippen molar-refractivity contribution >= 4 is 16.8 Å². The smallest absolute Gasteiger partial charge is 0.262 e. The molecule has 2 saturated heterocycles. The van der Waals surface area contributed by atoms with Crippen LogP contribution in [0.4, 0.5) is 8.78 Å². The molecule has 2 aliphatic heterocycles. The number of aromatic amines is 1. The number of fused-ring (bicyclic) bond motifs is 1. The largest absolute Gasteiger partial charge is 0.361 e. The first kappa shape index (κ1) is 19.3. The molecule has 1 atom stereocenters. The number of nitrogens with zero attached hydrogens (tertiary/aromatic N) is 3. The van der Waals surface area contributed by atoms with Gasteiger partial charge in [-0.25, -0.2) is 8.78 Å². The van der Waals surface area contributed by atoms with Crippen LogP contribution in [0.1, 0.15) is 29.6 Å². The summed E-state index contributed by atoms with van der Waals surface area (Å²) in [5, 5.41) is 1.02. The van der Waals surface area contributed by atoms with Gasteiger partial charge in [-0.15, -0.1) is 0 Å². The Morgan fingerprint density at radius 1 is 1.25 bits per heavy atom. The van der Waals surface area contributed by atoms with Crippen LogP contribution in [0.3, 0.4) is 0 Å². The Labute approximate surface area is 164 Å². The molecule has 4 rings (SSSR count). The number of carbonyl (C=O) groups excluding carboxylic acids is 1. The molecule has 0 radical (unpaired) electrons. The monoisotopic (exact) mass is 390 g/mol. The van der Waals surface area contributed by atoms with Crippen LogP contribution in [0.5, 0.6) is 0 Å². The second-order valence-electron chi connectivity index (χ2n) is 8.45. The van der Waals surface area contributed by atoms with E-state index in [1.54, 1.807) is 0 Å². The minimum atomic E-state index is -2.61. The van der Waals surface area contributed by atoms with Gasteiger partial charge in [0.1, 0.15) is 0 Å². The van der Waals surface area contributed by atoms with Crippen molar-refractivity contribution < 1.29 is 13.6 Å². The fourth-order valence-corrected chi connectivity index (χ4v) is 4.71. The van der Waals surface area contributed by atoms with E-state index in [2.05, 4.69) is 4.98 Å². The van der Waals surface area contributed by atoms with Crippen molar-refractivity contribution in [1.29, 1.82) is 0 Å². The molecule has 2 aromatic rings. The van der Waals surface area contributed by atoms with Crippen molar-refractivity contribution in [3.05, 3.63) is 36.0 Å². The zero-order valence-electron chi connectivity index (χ0n) is 16.5. The minimum absolute atomic E-state index is 0.0261. The Bertz CT molecular complexity index is 842.